The molecule has 2 aliphatic heterocycles. The van der Waals surface area contributed by atoms with Crippen LogP contribution >= 0.6 is 11.3 Å². The number of hydrogen-bond acceptors (Lipinski definition) is 7. The maximum Gasteiger partial charge on any atom is 0.425 e. The molecule has 2 atom stereocenters. The van der Waals surface area contributed by atoms with Gasteiger partial charge in [-0.05, 0) is 37.8 Å². The van der Waals surface area contributed by atoms with Gasteiger partial charge >= 0.3 is 18.3 Å². The molecule has 3 aromatic rings. The zero-order valence-corrected chi connectivity index (χ0v) is 28.0. The minimum Gasteiger partial charge on any atom is -0.496 e. The minimum atomic E-state index is -4.90. The van der Waals surface area contributed by atoms with Gasteiger partial charge in [0.15, 0.2) is 0 Å². The summed E-state index contributed by atoms with van der Waals surface area (Å²) in [6.45, 7) is 1.49. The van der Waals surface area contributed by atoms with Gasteiger partial charge < -0.3 is 24.4 Å². The number of hydrogen-bond donors (Lipinski definition) is 1. The second-order valence-electron chi connectivity index (χ2n) is 12.3. The fourth-order valence-corrected chi connectivity index (χ4v) is 7.78. The molecule has 16 heteroatoms. The highest BCUT2D eigenvalue weighted by Gasteiger charge is 2.57. The van der Waals surface area contributed by atoms with Crippen LogP contribution in [0.5, 0.6) is 11.5 Å². The molecule has 2 unspecified atom stereocenters. The predicted octanol–water partition coefficient (Wildman–Crippen LogP) is 7.06. The zero-order valence-electron chi connectivity index (χ0n) is 27.1. The average Bonchev–Trinajstić information content (AvgIpc) is 3.57. The second kappa shape index (κ2) is 14.1. The number of carboxylic acid groups (broad SMARTS) is 1. The molecule has 2 amide bonds. The number of halogens is 6. The third-order valence-corrected chi connectivity index (χ3v) is 10.4. The Bertz CT molecular complexity index is 1720. The topological polar surface area (TPSA) is 109 Å². The molecule has 0 aliphatic carbocycles. The molecule has 9 nitrogen and oxygen atoms in total. The van der Waals surface area contributed by atoms with E-state index in [0.29, 0.717) is 35.1 Å². The molecule has 270 valence electrons. The maximum atomic E-state index is 14.8. The molecule has 1 aromatic carbocycles. The maximum absolute atomic E-state index is 14.8. The first-order chi connectivity index (χ1) is 23.6. The zero-order chi connectivity index (χ0) is 36.5. The molecule has 4 heterocycles. The van der Waals surface area contributed by atoms with Crippen LogP contribution in [0.25, 0.3) is 0 Å². The van der Waals surface area contributed by atoms with Crippen LogP contribution in [0.1, 0.15) is 71.8 Å². The number of aromatic nitrogens is 1. The van der Waals surface area contributed by atoms with Crippen LogP contribution in [-0.2, 0) is 27.4 Å². The van der Waals surface area contributed by atoms with E-state index in [1.165, 1.54) is 12.0 Å². The number of alkyl halides is 6. The van der Waals surface area contributed by atoms with Gasteiger partial charge in [0.25, 0.3) is 11.8 Å². The number of carbonyl (C=O) groups excluding carboxylic acids is 2. The molecule has 2 fully saturated rings. The summed E-state index contributed by atoms with van der Waals surface area (Å²) in [5, 5.41) is 11.5. The molecule has 5 rings (SSSR count). The van der Waals surface area contributed by atoms with Crippen molar-refractivity contribution >= 4 is 29.1 Å². The first-order valence-corrected chi connectivity index (χ1v) is 16.8. The van der Waals surface area contributed by atoms with Crippen molar-refractivity contribution in [2.75, 3.05) is 26.7 Å². The smallest absolute Gasteiger partial charge is 0.425 e. The van der Waals surface area contributed by atoms with E-state index >= 15 is 0 Å². The van der Waals surface area contributed by atoms with Gasteiger partial charge in [-0.3, -0.25) is 19.4 Å². The van der Waals surface area contributed by atoms with Gasteiger partial charge in [0.2, 0.25) is 5.60 Å². The van der Waals surface area contributed by atoms with E-state index in [0.717, 1.165) is 28.7 Å². The summed E-state index contributed by atoms with van der Waals surface area (Å²) in [5.74, 6) is -2.81. The summed E-state index contributed by atoms with van der Waals surface area (Å²) in [4.78, 5) is 46.8. The van der Waals surface area contributed by atoms with Crippen LogP contribution in [-0.4, -0.2) is 76.1 Å². The van der Waals surface area contributed by atoms with E-state index in [-0.39, 0.29) is 57.5 Å². The van der Waals surface area contributed by atoms with Gasteiger partial charge in [0.05, 0.1) is 29.7 Å². The molecule has 2 saturated heterocycles. The van der Waals surface area contributed by atoms with Crippen molar-refractivity contribution in [2.45, 2.75) is 74.9 Å². The number of ether oxygens (including phenoxy) is 2. The molecular weight excluding hydrogens is 692 g/mol. The number of carboxylic acids is 1. The molecule has 2 aromatic heterocycles. The molecule has 0 radical (unpaired) electrons. The predicted molar refractivity (Wildman–Crippen MR) is 169 cm³/mol. The highest BCUT2D eigenvalue weighted by molar-refractivity contribution is 7.10. The third kappa shape index (κ3) is 6.86. The fourth-order valence-electron chi connectivity index (χ4n) is 7.10. The van der Waals surface area contributed by atoms with Crippen LogP contribution in [0, 0.1) is 0 Å². The largest absolute Gasteiger partial charge is 0.496 e. The Labute approximate surface area is 287 Å². The van der Waals surface area contributed by atoms with Crippen LogP contribution in [0.3, 0.4) is 0 Å². The Morgan fingerprint density at radius 2 is 1.72 bits per heavy atom. The lowest BCUT2D eigenvalue weighted by atomic mass is 9.71. The summed E-state index contributed by atoms with van der Waals surface area (Å²) in [5.41, 5.74) is -4.98. The summed E-state index contributed by atoms with van der Waals surface area (Å²) < 4.78 is 94.6. The number of likely N-dealkylation sites (tertiary alicyclic amines) is 2. The lowest BCUT2D eigenvalue weighted by Crippen LogP contribution is -2.69. The molecular formula is C34H35F6N3O6S. The highest BCUT2D eigenvalue weighted by atomic mass is 32.1. The summed E-state index contributed by atoms with van der Waals surface area (Å²) in [6.07, 6.45) is -7.60. The monoisotopic (exact) mass is 727 g/mol. The summed E-state index contributed by atoms with van der Waals surface area (Å²) >= 11 is 0.352. The van der Waals surface area contributed by atoms with Crippen molar-refractivity contribution in [3.8, 4) is 11.5 Å². The first-order valence-electron chi connectivity index (χ1n) is 15.9. The van der Waals surface area contributed by atoms with Crippen LogP contribution in [0.2, 0.25) is 0 Å². The average molecular weight is 728 g/mol. The molecule has 1 N–H and O–H groups in total. The molecule has 50 heavy (non-hydrogen) atoms. The number of piperidine rings is 2. The first kappa shape index (κ1) is 36.9. The number of carbonyl (C=O) groups is 3. The van der Waals surface area contributed by atoms with Crippen molar-refractivity contribution in [3.63, 3.8) is 0 Å². The van der Waals surface area contributed by atoms with Crippen molar-refractivity contribution in [3.05, 3.63) is 75.7 Å². The van der Waals surface area contributed by atoms with Crippen LogP contribution in [0.4, 0.5) is 26.3 Å². The SMILES string of the molecule is CCCC1N(C(=O)c2cnccc2C(F)(F)F)CCCC1(Oc1csc(C(F)(F)F)c1)C(=O)N1CCC(C(=O)O)(c2ccccc2OC)CC1. The Morgan fingerprint density at radius 3 is 2.32 bits per heavy atom. The van der Waals surface area contributed by atoms with Gasteiger partial charge in [-0.15, -0.1) is 11.3 Å². The number of nitrogens with zero attached hydrogens (tertiary/aromatic N) is 3. The Balaban J connectivity index is 1.56. The van der Waals surface area contributed by atoms with Gasteiger partial charge in [-0.2, -0.15) is 26.3 Å². The van der Waals surface area contributed by atoms with Crippen LogP contribution < -0.4 is 9.47 Å². The number of aliphatic carboxylic acids is 1. The Morgan fingerprint density at radius 1 is 1.02 bits per heavy atom. The van der Waals surface area contributed by atoms with Gasteiger partial charge in [0, 0.05) is 55.5 Å². The Hall–Kier alpha value is -4.34. The summed E-state index contributed by atoms with van der Waals surface area (Å²) in [7, 11) is 1.41. The van der Waals surface area contributed by atoms with E-state index in [1.807, 2.05) is 0 Å². The van der Waals surface area contributed by atoms with Gasteiger partial charge in [-0.25, -0.2) is 0 Å². The Kier molecular flexibility index (Phi) is 10.4. The molecule has 0 spiro atoms. The number of para-hydroxylation sites is 1. The van der Waals surface area contributed by atoms with E-state index in [2.05, 4.69) is 4.98 Å². The normalized spacial score (nSPS) is 21.1. The second-order valence-corrected chi connectivity index (χ2v) is 13.3. The van der Waals surface area contributed by atoms with Crippen molar-refractivity contribution in [1.82, 2.24) is 14.8 Å². The van der Waals surface area contributed by atoms with Crippen molar-refractivity contribution in [2.24, 2.45) is 0 Å². The highest BCUT2D eigenvalue weighted by Crippen LogP contribution is 2.45. The van der Waals surface area contributed by atoms with Gasteiger partial charge in [-0.1, -0.05) is 31.5 Å². The number of thiophene rings is 1. The lowest BCUT2D eigenvalue weighted by molar-refractivity contribution is -0.163. The van der Waals surface area contributed by atoms with Crippen molar-refractivity contribution < 1.29 is 55.3 Å². The molecule has 0 bridgehead atoms. The van der Waals surface area contributed by atoms with E-state index in [1.54, 1.807) is 31.2 Å². The summed E-state index contributed by atoms with van der Waals surface area (Å²) in [6, 6.07) is 6.87. The van der Waals surface area contributed by atoms with E-state index < -0.39 is 63.2 Å². The minimum absolute atomic E-state index is 0.0487. The van der Waals surface area contributed by atoms with E-state index in [9.17, 15) is 45.8 Å². The fraction of sp³-hybridized carbons (Fsp3) is 0.471. The van der Waals surface area contributed by atoms with Gasteiger partial charge in [0.1, 0.15) is 16.4 Å². The number of rotatable bonds is 9. The quantitative estimate of drug-likeness (QED) is 0.235. The lowest BCUT2D eigenvalue weighted by Gasteiger charge is -2.51. The number of pyridine rings is 1. The third-order valence-electron chi connectivity index (χ3n) is 9.49. The molecule has 2 aliphatic rings. The number of benzene rings is 1. The number of methoxy groups -OCH3 is 1. The standard InChI is InChI=1S/C34H35F6N3O6S/c1-3-7-26-32(49-21-18-27(50-20-21)34(38,39)40,11-6-15-43(26)28(44)22-19-41-14-10-23(22)33(35,36)37)29(45)42-16-12-31(13-17-42,30(46)47)24-8-4-5-9-25(24)48-2/h4-5,8-10,14,18-20,26H,3,6-7,11-13,15-17H2,1-2H3,(H,46,47). The number of amides is 2. The molecule has 0 saturated carbocycles. The van der Waals surface area contributed by atoms with Crippen LogP contribution in [0.15, 0.2) is 54.2 Å². The van der Waals surface area contributed by atoms with E-state index in [4.69, 9.17) is 9.47 Å². The van der Waals surface area contributed by atoms with Crippen molar-refractivity contribution in [1.29, 1.82) is 0 Å².